The normalized spacial score (nSPS) is 26.9. The van der Waals surface area contributed by atoms with Gasteiger partial charge >= 0.3 is 6.03 Å². The fraction of sp³-hybridized carbons (Fsp3) is 0.833. The number of amides is 2. The molecule has 1 aliphatic heterocycles. The molecule has 0 spiro atoms. The fourth-order valence-corrected chi connectivity index (χ4v) is 3.04. The van der Waals surface area contributed by atoms with Gasteiger partial charge in [0, 0.05) is 13.1 Å². The summed E-state index contributed by atoms with van der Waals surface area (Å²) < 4.78 is 22.0. The largest absolute Gasteiger partial charge is 0.351 e. The molecule has 1 heterocycles. The summed E-state index contributed by atoms with van der Waals surface area (Å²) in [7, 11) is -1.40. The number of urea groups is 1. The summed E-state index contributed by atoms with van der Waals surface area (Å²) in [4.78, 5) is 11.9. The number of primary amides is 1. The van der Waals surface area contributed by atoms with Crippen LogP contribution in [0.25, 0.3) is 0 Å². The van der Waals surface area contributed by atoms with Crippen molar-refractivity contribution in [1.29, 1.82) is 0 Å². The molecule has 0 aromatic heterocycles. The van der Waals surface area contributed by atoms with Crippen molar-refractivity contribution in [1.82, 2.24) is 4.90 Å². The van der Waals surface area contributed by atoms with Gasteiger partial charge in [0.05, 0.1) is 11.5 Å². The summed E-state index contributed by atoms with van der Waals surface area (Å²) >= 11 is 0. The van der Waals surface area contributed by atoms with E-state index in [0.717, 1.165) is 0 Å². The third-order valence-electron chi connectivity index (χ3n) is 2.10. The molecule has 0 saturated carbocycles. The molecule has 1 saturated heterocycles. The maximum Gasteiger partial charge on any atom is 0.314 e. The zero-order chi connectivity index (χ0) is 9.35. The Balaban J connectivity index is 2.64. The van der Waals surface area contributed by atoms with E-state index in [2.05, 4.69) is 0 Å². The molecule has 1 aliphatic rings. The van der Waals surface area contributed by atoms with Gasteiger partial charge in [-0.2, -0.15) is 0 Å². The molecule has 2 N–H and O–H groups in total. The average molecular weight is 192 g/mol. The summed E-state index contributed by atoms with van der Waals surface area (Å²) in [5, 5.41) is 0. The van der Waals surface area contributed by atoms with Crippen molar-refractivity contribution in [2.75, 3.05) is 18.6 Å². The van der Waals surface area contributed by atoms with Crippen LogP contribution in [0.2, 0.25) is 0 Å². The second kappa shape index (κ2) is 2.93. The van der Waals surface area contributed by atoms with Crippen LogP contribution in [-0.2, 0) is 9.84 Å². The lowest BCUT2D eigenvalue weighted by atomic mass is 10.2. The Morgan fingerprint density at radius 1 is 1.58 bits per heavy atom. The highest BCUT2D eigenvalue weighted by molar-refractivity contribution is 7.91. The van der Waals surface area contributed by atoms with Crippen LogP contribution in [-0.4, -0.2) is 43.9 Å². The molecule has 0 unspecified atom stereocenters. The van der Waals surface area contributed by atoms with Crippen molar-refractivity contribution in [3.05, 3.63) is 0 Å². The van der Waals surface area contributed by atoms with E-state index in [1.54, 1.807) is 0 Å². The van der Waals surface area contributed by atoms with Crippen molar-refractivity contribution < 1.29 is 13.2 Å². The highest BCUT2D eigenvalue weighted by Gasteiger charge is 2.31. The first-order valence-electron chi connectivity index (χ1n) is 3.65. The van der Waals surface area contributed by atoms with Gasteiger partial charge in [-0.3, -0.25) is 0 Å². The van der Waals surface area contributed by atoms with Crippen LogP contribution in [0.1, 0.15) is 6.42 Å². The molecule has 1 fully saturated rings. The number of hydrogen-bond donors (Lipinski definition) is 1. The minimum absolute atomic E-state index is 0.0481. The van der Waals surface area contributed by atoms with Crippen LogP contribution < -0.4 is 5.73 Å². The van der Waals surface area contributed by atoms with Crippen LogP contribution in [0.3, 0.4) is 0 Å². The third-order valence-corrected chi connectivity index (χ3v) is 3.85. The lowest BCUT2D eigenvalue weighted by Crippen LogP contribution is -2.41. The van der Waals surface area contributed by atoms with E-state index < -0.39 is 15.9 Å². The van der Waals surface area contributed by atoms with Crippen molar-refractivity contribution >= 4 is 15.9 Å². The van der Waals surface area contributed by atoms with Gasteiger partial charge in [0.2, 0.25) is 0 Å². The number of carbonyl (C=O) groups is 1. The summed E-state index contributed by atoms with van der Waals surface area (Å²) in [6.45, 7) is 0. The van der Waals surface area contributed by atoms with E-state index in [1.165, 1.54) is 11.9 Å². The van der Waals surface area contributed by atoms with Crippen LogP contribution in [0.4, 0.5) is 4.79 Å². The summed E-state index contributed by atoms with van der Waals surface area (Å²) in [5.74, 6) is 0.210. The Morgan fingerprint density at radius 3 is 2.50 bits per heavy atom. The minimum Gasteiger partial charge on any atom is -0.351 e. The molecule has 0 radical (unpaired) electrons. The lowest BCUT2D eigenvalue weighted by molar-refractivity contribution is 0.205. The quantitative estimate of drug-likeness (QED) is 0.589. The highest BCUT2D eigenvalue weighted by atomic mass is 32.2. The van der Waals surface area contributed by atoms with E-state index in [0.29, 0.717) is 6.42 Å². The van der Waals surface area contributed by atoms with E-state index >= 15 is 0 Å². The fourth-order valence-electron chi connectivity index (χ4n) is 1.26. The standard InChI is InChI=1S/C6H12N2O3S/c1-8(6(7)9)5-2-3-12(10,11)4-5/h5H,2-4H2,1H3,(H2,7,9)/t5-/m1/s1. The molecule has 70 valence electrons. The lowest BCUT2D eigenvalue weighted by Gasteiger charge is -2.20. The van der Waals surface area contributed by atoms with Gasteiger partial charge in [-0.15, -0.1) is 0 Å². The first-order valence-corrected chi connectivity index (χ1v) is 5.47. The molecular formula is C6H12N2O3S. The Hall–Kier alpha value is -0.780. The Labute approximate surface area is 71.4 Å². The van der Waals surface area contributed by atoms with Gasteiger partial charge in [0.15, 0.2) is 9.84 Å². The molecular weight excluding hydrogens is 180 g/mol. The number of nitrogens with two attached hydrogens (primary N) is 1. The van der Waals surface area contributed by atoms with E-state index in [9.17, 15) is 13.2 Å². The predicted octanol–water partition coefficient (Wildman–Crippen LogP) is -0.816. The number of nitrogens with zero attached hydrogens (tertiary/aromatic N) is 1. The monoisotopic (exact) mass is 192 g/mol. The molecule has 12 heavy (non-hydrogen) atoms. The zero-order valence-corrected chi connectivity index (χ0v) is 7.67. The Kier molecular flexibility index (Phi) is 2.27. The molecule has 0 aliphatic carbocycles. The van der Waals surface area contributed by atoms with E-state index in [1.807, 2.05) is 0 Å². The van der Waals surface area contributed by atoms with E-state index in [-0.39, 0.29) is 17.5 Å². The predicted molar refractivity (Wildman–Crippen MR) is 44.4 cm³/mol. The minimum atomic E-state index is -2.92. The second-order valence-corrected chi connectivity index (χ2v) is 5.23. The van der Waals surface area contributed by atoms with Crippen molar-refractivity contribution in [3.8, 4) is 0 Å². The van der Waals surface area contributed by atoms with Gasteiger partial charge in [0.25, 0.3) is 0 Å². The first kappa shape index (κ1) is 9.31. The Morgan fingerprint density at radius 2 is 2.17 bits per heavy atom. The molecule has 1 atom stereocenters. The molecule has 0 aromatic rings. The summed E-state index contributed by atoms with van der Waals surface area (Å²) in [5.41, 5.74) is 5.00. The van der Waals surface area contributed by atoms with Crippen LogP contribution in [0, 0.1) is 0 Å². The van der Waals surface area contributed by atoms with Gasteiger partial charge in [-0.25, -0.2) is 13.2 Å². The number of rotatable bonds is 1. The van der Waals surface area contributed by atoms with Crippen LogP contribution in [0.15, 0.2) is 0 Å². The smallest absolute Gasteiger partial charge is 0.314 e. The maximum absolute atomic E-state index is 11.0. The van der Waals surface area contributed by atoms with Crippen LogP contribution >= 0.6 is 0 Å². The average Bonchev–Trinajstić information content (AvgIpc) is 2.28. The molecule has 1 rings (SSSR count). The Bertz CT molecular complexity index is 285. The van der Waals surface area contributed by atoms with Crippen molar-refractivity contribution in [3.63, 3.8) is 0 Å². The number of hydrogen-bond acceptors (Lipinski definition) is 3. The molecule has 0 aromatic carbocycles. The van der Waals surface area contributed by atoms with Gasteiger partial charge in [0.1, 0.15) is 0 Å². The number of carbonyl (C=O) groups excluding carboxylic acids is 1. The van der Waals surface area contributed by atoms with Gasteiger partial charge < -0.3 is 10.6 Å². The van der Waals surface area contributed by atoms with E-state index in [4.69, 9.17) is 5.73 Å². The molecule has 5 nitrogen and oxygen atoms in total. The second-order valence-electron chi connectivity index (χ2n) is 3.01. The molecule has 6 heteroatoms. The molecule has 0 bridgehead atoms. The summed E-state index contributed by atoms with van der Waals surface area (Å²) in [6.07, 6.45) is 0.502. The zero-order valence-electron chi connectivity index (χ0n) is 6.86. The third kappa shape index (κ3) is 1.88. The first-order chi connectivity index (χ1) is 5.42. The molecule has 2 amide bonds. The van der Waals surface area contributed by atoms with Gasteiger partial charge in [-0.1, -0.05) is 0 Å². The van der Waals surface area contributed by atoms with Gasteiger partial charge in [-0.05, 0) is 6.42 Å². The van der Waals surface area contributed by atoms with Crippen molar-refractivity contribution in [2.45, 2.75) is 12.5 Å². The van der Waals surface area contributed by atoms with Crippen molar-refractivity contribution in [2.24, 2.45) is 5.73 Å². The van der Waals surface area contributed by atoms with Crippen LogP contribution in [0.5, 0.6) is 0 Å². The highest BCUT2D eigenvalue weighted by Crippen LogP contribution is 2.15. The summed E-state index contributed by atoms with van der Waals surface area (Å²) in [6, 6.07) is -0.801. The SMILES string of the molecule is CN(C(N)=O)[C@@H]1CCS(=O)(=O)C1. The topological polar surface area (TPSA) is 80.5 Å². The maximum atomic E-state index is 11.0. The number of sulfone groups is 1.